The van der Waals surface area contributed by atoms with Crippen LogP contribution in [0.4, 0.5) is 4.39 Å². The Bertz CT molecular complexity index is 1490. The molecule has 0 amide bonds. The summed E-state index contributed by atoms with van der Waals surface area (Å²) in [5, 5.41) is 4.23. The van der Waals surface area contributed by atoms with Crippen molar-refractivity contribution in [3.05, 3.63) is 64.7 Å². The Morgan fingerprint density at radius 3 is 2.53 bits per heavy atom. The number of sulfonamides is 1. The fraction of sp³-hybridized carbons (Fsp3) is 0.261. The second-order valence-corrected chi connectivity index (χ2v) is 10.1. The number of piperidine rings is 1. The quantitative estimate of drug-likeness (QED) is 0.441. The molecule has 0 radical (unpaired) electrons. The van der Waals surface area contributed by atoms with Crippen LogP contribution in [0.25, 0.3) is 33.1 Å². The van der Waals surface area contributed by atoms with Crippen LogP contribution in [0.3, 0.4) is 0 Å². The number of nitrogens with zero attached hydrogens (tertiary/aromatic N) is 1. The lowest BCUT2D eigenvalue weighted by Gasteiger charge is -2.30. The number of aromatic amines is 2. The van der Waals surface area contributed by atoms with Crippen LogP contribution >= 0.6 is 0 Å². The maximum absolute atomic E-state index is 15.2. The maximum Gasteiger partial charge on any atom is 0.257 e. The van der Waals surface area contributed by atoms with Gasteiger partial charge in [0.15, 0.2) is 5.82 Å². The number of pyridine rings is 1. The lowest BCUT2D eigenvalue weighted by atomic mass is 10.1. The molecular formula is C23H23FN4O3S. The zero-order valence-electron chi connectivity index (χ0n) is 17.5. The van der Waals surface area contributed by atoms with Crippen molar-refractivity contribution in [1.29, 1.82) is 0 Å². The van der Waals surface area contributed by atoms with Crippen molar-refractivity contribution >= 4 is 31.8 Å². The lowest BCUT2D eigenvalue weighted by molar-refractivity contribution is 0.296. The zero-order valence-corrected chi connectivity index (χ0v) is 18.3. The van der Waals surface area contributed by atoms with Gasteiger partial charge in [-0.3, -0.25) is 4.79 Å². The molecule has 1 aliphatic rings. The van der Waals surface area contributed by atoms with Gasteiger partial charge in [0.25, 0.3) is 5.56 Å². The van der Waals surface area contributed by atoms with Crippen molar-refractivity contribution < 1.29 is 12.8 Å². The molecule has 0 bridgehead atoms. The van der Waals surface area contributed by atoms with Gasteiger partial charge < -0.3 is 15.3 Å². The molecule has 1 aliphatic heterocycles. The molecule has 3 heterocycles. The third-order valence-corrected chi connectivity index (χ3v) is 8.14. The number of H-pyrrole nitrogens is 2. The Labute approximate surface area is 184 Å². The number of aromatic nitrogens is 2. The van der Waals surface area contributed by atoms with Crippen LogP contribution in [0.2, 0.25) is 0 Å². The van der Waals surface area contributed by atoms with E-state index in [9.17, 15) is 13.2 Å². The Balaban J connectivity index is 1.58. The van der Waals surface area contributed by atoms with Crippen molar-refractivity contribution in [2.24, 2.45) is 0 Å². The minimum Gasteiger partial charge on any atom is -0.352 e. The van der Waals surface area contributed by atoms with Gasteiger partial charge >= 0.3 is 0 Å². The average Bonchev–Trinajstić information content (AvgIpc) is 3.14. The zero-order chi connectivity index (χ0) is 22.5. The summed E-state index contributed by atoms with van der Waals surface area (Å²) < 4.78 is 43.0. The van der Waals surface area contributed by atoms with Gasteiger partial charge in [-0.05, 0) is 61.6 Å². The van der Waals surface area contributed by atoms with Crippen molar-refractivity contribution in [3.63, 3.8) is 0 Å². The normalized spacial score (nSPS) is 15.7. The first kappa shape index (κ1) is 20.9. The van der Waals surface area contributed by atoms with Crippen LogP contribution in [0.1, 0.15) is 12.8 Å². The molecule has 4 aromatic rings. The number of hydrogen-bond acceptors (Lipinski definition) is 4. The van der Waals surface area contributed by atoms with Crippen LogP contribution < -0.4 is 10.9 Å². The van der Waals surface area contributed by atoms with Gasteiger partial charge in [0.1, 0.15) is 0 Å². The van der Waals surface area contributed by atoms with Gasteiger partial charge in [-0.15, -0.1) is 0 Å². The summed E-state index contributed by atoms with van der Waals surface area (Å²) in [5.41, 5.74) is 0.756. The Hall–Kier alpha value is -3.01. The molecule has 0 spiro atoms. The summed E-state index contributed by atoms with van der Waals surface area (Å²) in [7, 11) is -2.15. The second kappa shape index (κ2) is 7.84. The van der Waals surface area contributed by atoms with Crippen LogP contribution in [-0.4, -0.2) is 48.9 Å². The fourth-order valence-electron chi connectivity index (χ4n) is 4.35. The molecule has 3 N–H and O–H groups in total. The molecule has 32 heavy (non-hydrogen) atoms. The maximum atomic E-state index is 15.2. The van der Waals surface area contributed by atoms with Gasteiger partial charge in [0.05, 0.1) is 21.7 Å². The van der Waals surface area contributed by atoms with E-state index in [-0.39, 0.29) is 27.6 Å². The van der Waals surface area contributed by atoms with Crippen molar-refractivity contribution in [2.45, 2.75) is 23.8 Å². The van der Waals surface area contributed by atoms with E-state index in [4.69, 9.17) is 0 Å². The van der Waals surface area contributed by atoms with Gasteiger partial charge in [-0.1, -0.05) is 18.2 Å². The van der Waals surface area contributed by atoms with E-state index in [1.165, 1.54) is 22.5 Å². The first-order valence-electron chi connectivity index (χ1n) is 10.5. The number of benzene rings is 2. The monoisotopic (exact) mass is 454 g/mol. The van der Waals surface area contributed by atoms with E-state index in [2.05, 4.69) is 15.3 Å². The van der Waals surface area contributed by atoms with Gasteiger partial charge in [0.2, 0.25) is 10.0 Å². The summed E-state index contributed by atoms with van der Waals surface area (Å²) in [6, 6.07) is 13.1. The van der Waals surface area contributed by atoms with E-state index in [0.717, 1.165) is 31.3 Å². The van der Waals surface area contributed by atoms with E-state index < -0.39 is 21.4 Å². The highest BCUT2D eigenvalue weighted by Crippen LogP contribution is 2.31. The largest absolute Gasteiger partial charge is 0.352 e. The molecule has 0 atom stereocenters. The lowest BCUT2D eigenvalue weighted by Crippen LogP contribution is -2.43. The highest BCUT2D eigenvalue weighted by Gasteiger charge is 2.29. The van der Waals surface area contributed by atoms with E-state index in [0.29, 0.717) is 11.0 Å². The number of nitrogens with one attached hydrogen (secondary N) is 3. The molecule has 7 nitrogen and oxygen atoms in total. The van der Waals surface area contributed by atoms with Crippen LogP contribution in [0.15, 0.2) is 58.2 Å². The highest BCUT2D eigenvalue weighted by atomic mass is 32.2. The van der Waals surface area contributed by atoms with Crippen molar-refractivity contribution in [2.75, 3.05) is 20.1 Å². The molecule has 166 valence electrons. The summed E-state index contributed by atoms with van der Waals surface area (Å²) in [6.07, 6.45) is 1.48. The third-order valence-electron chi connectivity index (χ3n) is 6.23. The van der Waals surface area contributed by atoms with Crippen molar-refractivity contribution in [1.82, 2.24) is 19.6 Å². The summed E-state index contributed by atoms with van der Waals surface area (Å²) in [6.45, 7) is 1.55. The average molecular weight is 455 g/mol. The molecule has 0 saturated carbocycles. The topological polar surface area (TPSA) is 98.1 Å². The van der Waals surface area contributed by atoms with Crippen LogP contribution in [0, 0.1) is 5.82 Å². The summed E-state index contributed by atoms with van der Waals surface area (Å²) in [5.74, 6) is -0.587. The van der Waals surface area contributed by atoms with E-state index >= 15 is 4.39 Å². The van der Waals surface area contributed by atoms with Crippen molar-refractivity contribution in [3.8, 4) is 11.3 Å². The fourth-order valence-corrected chi connectivity index (χ4v) is 5.80. The molecule has 1 saturated heterocycles. The number of hydrogen-bond donors (Lipinski definition) is 3. The minimum atomic E-state index is -3.74. The van der Waals surface area contributed by atoms with Gasteiger partial charge in [-0.2, -0.15) is 4.31 Å². The Morgan fingerprint density at radius 2 is 1.75 bits per heavy atom. The van der Waals surface area contributed by atoms with Crippen LogP contribution in [0.5, 0.6) is 0 Å². The first-order chi connectivity index (χ1) is 15.4. The highest BCUT2D eigenvalue weighted by molar-refractivity contribution is 7.89. The summed E-state index contributed by atoms with van der Waals surface area (Å²) in [4.78, 5) is 18.4. The van der Waals surface area contributed by atoms with Gasteiger partial charge in [0, 0.05) is 24.0 Å². The molecule has 1 fully saturated rings. The number of para-hydroxylation sites is 1. The number of halogens is 1. The molecule has 2 aromatic heterocycles. The van der Waals surface area contributed by atoms with Crippen LogP contribution in [-0.2, 0) is 10.0 Å². The van der Waals surface area contributed by atoms with Gasteiger partial charge in [-0.25, -0.2) is 12.8 Å². The SMILES string of the molecule is CN(C1CCNCC1)S(=O)(=O)c1ccc2c(F)c(-c3cc4ccccc4[nH]c3=O)[nH]c2c1. The molecule has 0 aliphatic carbocycles. The second-order valence-electron chi connectivity index (χ2n) is 8.12. The number of fused-ring (bicyclic) bond motifs is 2. The predicted molar refractivity (Wildman–Crippen MR) is 123 cm³/mol. The predicted octanol–water partition coefficient (Wildman–Crippen LogP) is 3.19. The Morgan fingerprint density at radius 1 is 1.00 bits per heavy atom. The first-order valence-corrected chi connectivity index (χ1v) is 11.9. The Kier molecular flexibility index (Phi) is 5.11. The smallest absolute Gasteiger partial charge is 0.257 e. The van der Waals surface area contributed by atoms with E-state index in [1.807, 2.05) is 18.2 Å². The molecule has 2 aromatic carbocycles. The standard InChI is InChI=1S/C23H23FN4O3S/c1-28(15-8-10-25-11-9-15)32(30,31)16-6-7-17-20(13-16)26-22(21(17)24)18-12-14-4-2-3-5-19(14)27-23(18)29/h2-7,12-13,15,25-26H,8-11H2,1H3,(H,27,29). The third kappa shape index (κ3) is 3.42. The minimum absolute atomic E-state index is 0.0354. The number of rotatable bonds is 4. The molecule has 9 heteroatoms. The van der Waals surface area contributed by atoms with E-state index in [1.54, 1.807) is 19.2 Å². The molecule has 5 rings (SSSR count). The summed E-state index contributed by atoms with van der Waals surface area (Å²) >= 11 is 0. The molecule has 0 unspecified atom stereocenters. The molecular weight excluding hydrogens is 431 g/mol.